The average molecular weight is 249 g/mol. The van der Waals surface area contributed by atoms with E-state index >= 15 is 0 Å². The molecule has 0 amide bonds. The zero-order valence-corrected chi connectivity index (χ0v) is 10.6. The molecule has 17 heavy (non-hydrogen) atoms. The molecule has 1 saturated heterocycles. The highest BCUT2D eigenvalue weighted by atomic mass is 32.1. The van der Waals surface area contributed by atoms with E-state index in [0.29, 0.717) is 0 Å². The van der Waals surface area contributed by atoms with Gasteiger partial charge in [-0.15, -0.1) is 11.3 Å². The Kier molecular flexibility index (Phi) is 3.12. The number of nitrogens with zero attached hydrogens (tertiary/aromatic N) is 1. The molecule has 2 heterocycles. The maximum Gasteiger partial charge on any atom is 0.123 e. The van der Waals surface area contributed by atoms with Crippen molar-refractivity contribution < 1.29 is 4.39 Å². The number of halogens is 1. The van der Waals surface area contributed by atoms with Crippen LogP contribution in [0.1, 0.15) is 24.1 Å². The summed E-state index contributed by atoms with van der Waals surface area (Å²) in [6.07, 6.45) is 4.01. The Morgan fingerprint density at radius 2 is 1.94 bits per heavy atom. The van der Waals surface area contributed by atoms with Gasteiger partial charge in [-0.1, -0.05) is 6.42 Å². The predicted molar refractivity (Wildman–Crippen MR) is 70.9 cm³/mol. The zero-order valence-electron chi connectivity index (χ0n) is 9.79. The maximum atomic E-state index is 13.1. The van der Waals surface area contributed by atoms with Crippen LogP contribution < -0.4 is 0 Å². The van der Waals surface area contributed by atoms with E-state index < -0.39 is 0 Å². The molecule has 3 rings (SSSR count). The van der Waals surface area contributed by atoms with Crippen molar-refractivity contribution in [3.8, 4) is 0 Å². The van der Waals surface area contributed by atoms with Gasteiger partial charge in [0.05, 0.1) is 0 Å². The first-order valence-electron chi connectivity index (χ1n) is 6.21. The predicted octanol–water partition coefficient (Wildman–Crippen LogP) is 4.03. The van der Waals surface area contributed by atoms with Crippen molar-refractivity contribution in [2.24, 2.45) is 0 Å². The molecule has 0 atom stereocenters. The van der Waals surface area contributed by atoms with Crippen molar-refractivity contribution in [1.29, 1.82) is 0 Å². The molecule has 0 bridgehead atoms. The summed E-state index contributed by atoms with van der Waals surface area (Å²) in [5.41, 5.74) is 0. The Morgan fingerprint density at radius 1 is 1.12 bits per heavy atom. The van der Waals surface area contributed by atoms with Crippen molar-refractivity contribution in [3.63, 3.8) is 0 Å². The lowest BCUT2D eigenvalue weighted by Crippen LogP contribution is -2.28. The second kappa shape index (κ2) is 4.75. The molecule has 0 aliphatic carbocycles. The molecule has 2 aromatic rings. The van der Waals surface area contributed by atoms with Gasteiger partial charge < -0.3 is 0 Å². The summed E-state index contributed by atoms with van der Waals surface area (Å²) in [6, 6.07) is 7.20. The molecule has 1 fully saturated rings. The summed E-state index contributed by atoms with van der Waals surface area (Å²) >= 11 is 1.79. The number of benzene rings is 1. The molecule has 90 valence electrons. The molecule has 3 heteroatoms. The molecule has 0 saturated carbocycles. The van der Waals surface area contributed by atoms with Gasteiger partial charge in [0, 0.05) is 16.1 Å². The molecule has 1 aromatic heterocycles. The number of likely N-dealkylation sites (tertiary alicyclic amines) is 1. The van der Waals surface area contributed by atoms with E-state index in [4.69, 9.17) is 0 Å². The summed E-state index contributed by atoms with van der Waals surface area (Å²) in [5, 5.41) is 1.04. The molecule has 1 aromatic carbocycles. The van der Waals surface area contributed by atoms with E-state index in [1.54, 1.807) is 23.5 Å². The Balaban J connectivity index is 1.80. The third-order valence-electron chi connectivity index (χ3n) is 3.36. The molecule has 0 N–H and O–H groups in total. The molecular formula is C14H16FNS. The van der Waals surface area contributed by atoms with Gasteiger partial charge in [0.25, 0.3) is 0 Å². The Hall–Kier alpha value is -0.930. The van der Waals surface area contributed by atoms with Gasteiger partial charge in [0.2, 0.25) is 0 Å². The van der Waals surface area contributed by atoms with Gasteiger partial charge in [-0.3, -0.25) is 4.90 Å². The van der Waals surface area contributed by atoms with Crippen LogP contribution in [0.15, 0.2) is 24.3 Å². The van der Waals surface area contributed by atoms with Crippen molar-refractivity contribution >= 4 is 21.4 Å². The smallest absolute Gasteiger partial charge is 0.123 e. The second-order valence-corrected chi connectivity index (χ2v) is 5.90. The van der Waals surface area contributed by atoms with Gasteiger partial charge in [0.15, 0.2) is 0 Å². The monoisotopic (exact) mass is 249 g/mol. The van der Waals surface area contributed by atoms with E-state index in [9.17, 15) is 4.39 Å². The quantitative estimate of drug-likeness (QED) is 0.777. The number of piperidine rings is 1. The van der Waals surface area contributed by atoms with Crippen molar-refractivity contribution in [2.45, 2.75) is 25.8 Å². The third-order valence-corrected chi connectivity index (χ3v) is 4.46. The summed E-state index contributed by atoms with van der Waals surface area (Å²) in [6.45, 7) is 3.45. The first kappa shape index (κ1) is 11.2. The fourth-order valence-corrected chi connectivity index (χ4v) is 3.57. The van der Waals surface area contributed by atoms with E-state index in [2.05, 4.69) is 11.0 Å². The fourth-order valence-electron chi connectivity index (χ4n) is 2.49. The molecule has 0 spiro atoms. The normalized spacial score (nSPS) is 17.7. The summed E-state index contributed by atoms with van der Waals surface area (Å²) in [7, 11) is 0. The van der Waals surface area contributed by atoms with E-state index in [0.717, 1.165) is 11.9 Å². The maximum absolute atomic E-state index is 13.1. The minimum Gasteiger partial charge on any atom is -0.298 e. The molecular weight excluding hydrogens is 233 g/mol. The van der Waals surface area contributed by atoms with Crippen LogP contribution in [0.5, 0.6) is 0 Å². The number of hydrogen-bond acceptors (Lipinski definition) is 2. The Bertz CT molecular complexity index is 514. The number of rotatable bonds is 2. The van der Waals surface area contributed by atoms with Crippen LogP contribution in [0.3, 0.4) is 0 Å². The third kappa shape index (κ3) is 2.50. The first-order chi connectivity index (χ1) is 8.31. The Morgan fingerprint density at radius 3 is 2.76 bits per heavy atom. The molecule has 0 unspecified atom stereocenters. The van der Waals surface area contributed by atoms with Gasteiger partial charge in [0.1, 0.15) is 5.82 Å². The van der Waals surface area contributed by atoms with Crippen LogP contribution in [0, 0.1) is 5.82 Å². The number of thiophene rings is 1. The van der Waals surface area contributed by atoms with Gasteiger partial charge in [-0.25, -0.2) is 4.39 Å². The van der Waals surface area contributed by atoms with Crippen LogP contribution in [-0.4, -0.2) is 18.0 Å². The highest BCUT2D eigenvalue weighted by Gasteiger charge is 2.12. The van der Waals surface area contributed by atoms with E-state index in [-0.39, 0.29) is 5.82 Å². The second-order valence-electron chi connectivity index (χ2n) is 4.73. The van der Waals surface area contributed by atoms with Crippen LogP contribution in [0.2, 0.25) is 0 Å². The molecule has 1 nitrogen and oxygen atoms in total. The van der Waals surface area contributed by atoms with Crippen LogP contribution in [0.25, 0.3) is 10.1 Å². The highest BCUT2D eigenvalue weighted by molar-refractivity contribution is 7.19. The average Bonchev–Trinajstić information content (AvgIpc) is 2.71. The molecule has 1 aliphatic rings. The van der Waals surface area contributed by atoms with Crippen LogP contribution >= 0.6 is 11.3 Å². The van der Waals surface area contributed by atoms with Gasteiger partial charge in [-0.2, -0.15) is 0 Å². The first-order valence-corrected chi connectivity index (χ1v) is 7.03. The lowest BCUT2D eigenvalue weighted by atomic mass is 10.1. The lowest BCUT2D eigenvalue weighted by molar-refractivity contribution is 0.223. The van der Waals surface area contributed by atoms with E-state index in [1.807, 2.05) is 6.07 Å². The molecule has 0 radical (unpaired) electrons. The number of fused-ring (bicyclic) bond motifs is 1. The van der Waals surface area contributed by atoms with Crippen molar-refractivity contribution in [1.82, 2.24) is 4.90 Å². The van der Waals surface area contributed by atoms with Crippen molar-refractivity contribution in [2.75, 3.05) is 13.1 Å². The number of hydrogen-bond donors (Lipinski definition) is 0. The lowest BCUT2D eigenvalue weighted by Gasteiger charge is -2.25. The minimum atomic E-state index is -0.139. The summed E-state index contributed by atoms with van der Waals surface area (Å²) < 4.78 is 14.3. The SMILES string of the molecule is Fc1ccc2sc(CN3CCCCC3)cc2c1. The highest BCUT2D eigenvalue weighted by Crippen LogP contribution is 2.27. The van der Waals surface area contributed by atoms with Crippen molar-refractivity contribution in [3.05, 3.63) is 35.0 Å². The molecule has 1 aliphatic heterocycles. The minimum absolute atomic E-state index is 0.139. The zero-order chi connectivity index (χ0) is 11.7. The standard InChI is InChI=1S/C14H16FNS/c15-12-4-5-14-11(8-12)9-13(17-14)10-16-6-2-1-3-7-16/h4-5,8-9H,1-3,6-7,10H2. The van der Waals surface area contributed by atoms with Crippen LogP contribution in [0.4, 0.5) is 4.39 Å². The Labute approximate surface area is 105 Å². The summed E-state index contributed by atoms with van der Waals surface area (Å²) in [5.74, 6) is -0.139. The van der Waals surface area contributed by atoms with Gasteiger partial charge >= 0.3 is 0 Å². The van der Waals surface area contributed by atoms with E-state index in [1.165, 1.54) is 41.9 Å². The fraction of sp³-hybridized carbons (Fsp3) is 0.429. The largest absolute Gasteiger partial charge is 0.298 e. The topological polar surface area (TPSA) is 3.24 Å². The van der Waals surface area contributed by atoms with Crippen LogP contribution in [-0.2, 0) is 6.54 Å². The van der Waals surface area contributed by atoms with Gasteiger partial charge in [-0.05, 0) is 55.6 Å². The summed E-state index contributed by atoms with van der Waals surface area (Å²) in [4.78, 5) is 3.86.